The van der Waals surface area contributed by atoms with Crippen LogP contribution in [0.15, 0.2) is 47.4 Å². The monoisotopic (exact) mass is 524 g/mol. The van der Waals surface area contributed by atoms with Gasteiger partial charge in [-0.2, -0.15) is 0 Å². The number of ketones is 1. The average molecular weight is 525 g/mol. The molecule has 0 aliphatic carbocycles. The van der Waals surface area contributed by atoms with Crippen molar-refractivity contribution in [3.8, 4) is 5.75 Å². The van der Waals surface area contributed by atoms with Crippen molar-refractivity contribution in [2.75, 3.05) is 12.0 Å². The third kappa shape index (κ3) is 3.82. The lowest BCUT2D eigenvalue weighted by atomic mass is 9.96. The van der Waals surface area contributed by atoms with Gasteiger partial charge >= 0.3 is 5.91 Å². The molecule has 35 heavy (non-hydrogen) atoms. The number of fused-ring (bicyclic) bond motifs is 1. The highest BCUT2D eigenvalue weighted by atomic mass is 35.5. The number of rotatable bonds is 4. The van der Waals surface area contributed by atoms with Gasteiger partial charge < -0.3 is 9.84 Å². The predicted molar refractivity (Wildman–Crippen MR) is 141 cm³/mol. The number of aliphatic hydroxyl groups excluding tert-OH is 1. The summed E-state index contributed by atoms with van der Waals surface area (Å²) in [6, 6.07) is 10.2. The van der Waals surface area contributed by atoms with Crippen molar-refractivity contribution in [3.63, 3.8) is 0 Å². The zero-order valence-electron chi connectivity index (χ0n) is 19.4. The molecule has 0 saturated carbocycles. The number of hydrogen-bond donors (Lipinski definition) is 1. The normalized spacial score (nSPS) is 17.5. The van der Waals surface area contributed by atoms with Crippen molar-refractivity contribution in [2.24, 2.45) is 0 Å². The minimum Gasteiger partial charge on any atom is -0.507 e. The number of hydrogen-bond acceptors (Lipinski definition) is 7. The van der Waals surface area contributed by atoms with Gasteiger partial charge in [0, 0.05) is 15.5 Å². The second-order valence-corrected chi connectivity index (χ2v) is 10.8. The van der Waals surface area contributed by atoms with Crippen molar-refractivity contribution < 1.29 is 19.4 Å². The maximum Gasteiger partial charge on any atom is 0.301 e. The first-order chi connectivity index (χ1) is 16.7. The van der Waals surface area contributed by atoms with Gasteiger partial charge in [-0.3, -0.25) is 14.5 Å². The van der Waals surface area contributed by atoms with E-state index in [1.165, 1.54) is 27.6 Å². The van der Waals surface area contributed by atoms with E-state index in [1.807, 2.05) is 44.4 Å². The molecule has 6 nitrogen and oxygen atoms in total. The second kappa shape index (κ2) is 8.78. The maximum atomic E-state index is 13.4. The number of anilines is 1. The number of nitrogens with zero attached hydrogens (tertiary/aromatic N) is 2. The Labute approximate surface area is 215 Å². The molecular weight excluding hydrogens is 504 g/mol. The highest BCUT2D eigenvalue weighted by molar-refractivity contribution is 7.22. The van der Waals surface area contributed by atoms with Crippen LogP contribution in [-0.2, 0) is 9.59 Å². The summed E-state index contributed by atoms with van der Waals surface area (Å²) in [6.07, 6.45) is 0. The number of halogens is 1. The molecule has 2 aromatic heterocycles. The van der Waals surface area contributed by atoms with Crippen LogP contribution in [0.25, 0.3) is 16.0 Å². The van der Waals surface area contributed by atoms with Crippen LogP contribution < -0.4 is 9.64 Å². The number of amides is 1. The van der Waals surface area contributed by atoms with E-state index in [4.69, 9.17) is 16.3 Å². The SMILES string of the molecule is COc1cc(C)c(/C(O)=C2\C(=O)C(=O)N(c3nc4cc(Cl)c(C)cc4s3)C2c2cccs2)cc1C. The number of methoxy groups -OCH3 is 1. The van der Waals surface area contributed by atoms with E-state index in [1.54, 1.807) is 25.3 Å². The van der Waals surface area contributed by atoms with E-state index in [0.717, 1.165) is 26.3 Å². The number of carbonyl (C=O) groups is 2. The molecule has 0 spiro atoms. The van der Waals surface area contributed by atoms with Gasteiger partial charge in [-0.1, -0.05) is 29.0 Å². The Morgan fingerprint density at radius 3 is 2.57 bits per heavy atom. The molecule has 1 unspecified atom stereocenters. The Bertz CT molecular complexity index is 1500. The topological polar surface area (TPSA) is 79.7 Å². The van der Waals surface area contributed by atoms with Crippen LogP contribution >= 0.6 is 34.3 Å². The fourth-order valence-corrected chi connectivity index (χ4v) is 6.35. The number of benzene rings is 2. The maximum absolute atomic E-state index is 13.4. The number of aryl methyl sites for hydroxylation is 3. The van der Waals surface area contributed by atoms with Crippen LogP contribution in [0.3, 0.4) is 0 Å². The molecule has 2 aromatic carbocycles. The fourth-order valence-electron chi connectivity index (χ4n) is 4.30. The van der Waals surface area contributed by atoms with Gasteiger partial charge in [0.1, 0.15) is 17.6 Å². The number of aromatic nitrogens is 1. The molecule has 0 bridgehead atoms. The van der Waals surface area contributed by atoms with Crippen LogP contribution in [0, 0.1) is 20.8 Å². The van der Waals surface area contributed by atoms with Crippen LogP contribution in [-0.4, -0.2) is 28.9 Å². The number of thiophene rings is 1. The minimum absolute atomic E-state index is 0.0404. The number of thiazole rings is 1. The van der Waals surface area contributed by atoms with E-state index in [0.29, 0.717) is 27.0 Å². The Balaban J connectivity index is 1.72. The van der Waals surface area contributed by atoms with Gasteiger partial charge in [-0.05, 0) is 73.2 Å². The van der Waals surface area contributed by atoms with Gasteiger partial charge in [0.2, 0.25) is 0 Å². The summed E-state index contributed by atoms with van der Waals surface area (Å²) in [7, 11) is 1.58. The van der Waals surface area contributed by atoms with E-state index < -0.39 is 17.7 Å². The summed E-state index contributed by atoms with van der Waals surface area (Å²) in [5.74, 6) is -1.01. The first-order valence-corrected chi connectivity index (χ1v) is 12.9. The molecule has 9 heteroatoms. The van der Waals surface area contributed by atoms with Gasteiger partial charge in [0.05, 0.1) is 22.9 Å². The molecule has 178 valence electrons. The zero-order valence-corrected chi connectivity index (χ0v) is 21.8. The molecule has 1 atom stereocenters. The highest BCUT2D eigenvalue weighted by Gasteiger charge is 2.48. The molecule has 1 amide bonds. The van der Waals surface area contributed by atoms with Gasteiger partial charge in [-0.25, -0.2) is 4.98 Å². The van der Waals surface area contributed by atoms with E-state index in [-0.39, 0.29) is 11.3 Å². The van der Waals surface area contributed by atoms with Crippen molar-refractivity contribution in [1.29, 1.82) is 0 Å². The molecule has 1 aliphatic rings. The summed E-state index contributed by atoms with van der Waals surface area (Å²) < 4.78 is 6.24. The van der Waals surface area contributed by atoms with Crippen molar-refractivity contribution >= 4 is 67.1 Å². The summed E-state index contributed by atoms with van der Waals surface area (Å²) in [6.45, 7) is 5.59. The van der Waals surface area contributed by atoms with Gasteiger partial charge in [-0.15, -0.1) is 11.3 Å². The Kier molecular flexibility index (Phi) is 5.91. The van der Waals surface area contributed by atoms with Crippen LogP contribution in [0.2, 0.25) is 5.02 Å². The van der Waals surface area contributed by atoms with Gasteiger partial charge in [0.25, 0.3) is 5.78 Å². The molecule has 1 saturated heterocycles. The summed E-state index contributed by atoms with van der Waals surface area (Å²) in [5, 5.41) is 14.3. The Morgan fingerprint density at radius 2 is 1.89 bits per heavy atom. The quantitative estimate of drug-likeness (QED) is 0.185. The van der Waals surface area contributed by atoms with E-state index in [2.05, 4.69) is 4.98 Å². The predicted octanol–water partition coefficient (Wildman–Crippen LogP) is 6.57. The largest absolute Gasteiger partial charge is 0.507 e. The molecule has 5 rings (SSSR count). The third-order valence-electron chi connectivity index (χ3n) is 6.12. The lowest BCUT2D eigenvalue weighted by molar-refractivity contribution is -0.132. The number of aliphatic hydroxyl groups is 1. The smallest absolute Gasteiger partial charge is 0.301 e. The zero-order chi connectivity index (χ0) is 25.0. The summed E-state index contributed by atoms with van der Waals surface area (Å²) in [5.41, 5.74) is 3.60. The first kappa shape index (κ1) is 23.5. The van der Waals surface area contributed by atoms with Gasteiger partial charge in [0.15, 0.2) is 5.13 Å². The number of ether oxygens (including phenoxy) is 1. The van der Waals surface area contributed by atoms with Crippen molar-refractivity contribution in [1.82, 2.24) is 4.98 Å². The molecule has 4 aromatic rings. The lowest BCUT2D eigenvalue weighted by Crippen LogP contribution is -2.28. The third-order valence-corrected chi connectivity index (χ3v) is 8.47. The molecular formula is C26H21ClN2O4S2. The molecule has 1 N–H and O–H groups in total. The summed E-state index contributed by atoms with van der Waals surface area (Å²) >= 11 is 9.00. The lowest BCUT2D eigenvalue weighted by Gasteiger charge is -2.21. The summed E-state index contributed by atoms with van der Waals surface area (Å²) in [4.78, 5) is 33.5. The van der Waals surface area contributed by atoms with Crippen LogP contribution in [0.5, 0.6) is 5.75 Å². The first-order valence-electron chi connectivity index (χ1n) is 10.8. The standard InChI is InChI=1S/C26H21ClN2O4S2/c1-12-9-18(33-4)14(3)8-15(12)23(30)21-22(19-6-5-7-34-19)29(25(32)24(21)31)26-28-17-11-16(27)13(2)10-20(17)35-26/h5-11,22,30H,1-4H3/b23-21+. The molecule has 1 fully saturated rings. The average Bonchev–Trinajstić information content (AvgIpc) is 3.54. The minimum atomic E-state index is -0.797. The fraction of sp³-hybridized carbons (Fsp3) is 0.192. The molecule has 1 aliphatic heterocycles. The van der Waals surface area contributed by atoms with Crippen LogP contribution in [0.4, 0.5) is 5.13 Å². The van der Waals surface area contributed by atoms with Crippen molar-refractivity contribution in [2.45, 2.75) is 26.8 Å². The van der Waals surface area contributed by atoms with Crippen LogP contribution in [0.1, 0.15) is 33.2 Å². The number of Topliss-reactive ketones (excluding diaryl/α,β-unsaturated/α-hetero) is 1. The molecule has 0 radical (unpaired) electrons. The Hall–Kier alpha value is -3.20. The van der Waals surface area contributed by atoms with E-state index in [9.17, 15) is 14.7 Å². The number of carbonyl (C=O) groups excluding carboxylic acids is 2. The molecule has 3 heterocycles. The van der Waals surface area contributed by atoms with E-state index >= 15 is 0 Å². The Morgan fingerprint density at radius 1 is 1.11 bits per heavy atom. The highest BCUT2D eigenvalue weighted by Crippen LogP contribution is 2.46. The second-order valence-electron chi connectivity index (χ2n) is 8.39. The van der Waals surface area contributed by atoms with Crippen molar-refractivity contribution in [3.05, 3.63) is 79.5 Å².